The molecular formula is C16H14ClFN2O2S. The average molecular weight is 353 g/mol. The van der Waals surface area contributed by atoms with Crippen LogP contribution in [0.5, 0.6) is 0 Å². The molecule has 2 N–H and O–H groups in total. The first-order chi connectivity index (χ1) is 10.7. The van der Waals surface area contributed by atoms with E-state index in [9.17, 15) is 12.8 Å². The van der Waals surface area contributed by atoms with Gasteiger partial charge in [0.05, 0.1) is 5.02 Å². The number of fused-ring (bicyclic) bond motifs is 1. The normalized spacial score (nSPS) is 11.8. The monoisotopic (exact) mass is 352 g/mol. The molecule has 1 aromatic heterocycles. The molecule has 120 valence electrons. The summed E-state index contributed by atoms with van der Waals surface area (Å²) < 4.78 is 36.7. The fraction of sp³-hybridized carbons (Fsp3) is 0.125. The second-order valence-electron chi connectivity index (χ2n) is 5.43. The smallest absolute Gasteiger partial charge is 0.190 e. The van der Waals surface area contributed by atoms with Crippen molar-refractivity contribution < 1.29 is 12.8 Å². The minimum Gasteiger partial charge on any atom is -0.355 e. The van der Waals surface area contributed by atoms with Crippen LogP contribution in [0.3, 0.4) is 0 Å². The molecule has 23 heavy (non-hydrogen) atoms. The molecule has 2 aromatic carbocycles. The number of nitrogens with one attached hydrogen (secondary N) is 2. The maximum atomic E-state index is 13.3. The highest BCUT2D eigenvalue weighted by Gasteiger charge is 2.14. The van der Waals surface area contributed by atoms with Gasteiger partial charge in [0.2, 0.25) is 0 Å². The number of aromatic nitrogens is 1. The third kappa shape index (κ3) is 3.18. The summed E-state index contributed by atoms with van der Waals surface area (Å²) in [6.07, 6.45) is 1.15. The molecule has 0 amide bonds. The zero-order chi connectivity index (χ0) is 16.8. The maximum absolute atomic E-state index is 13.3. The molecule has 3 rings (SSSR count). The number of hydrogen-bond donors (Lipinski definition) is 2. The van der Waals surface area contributed by atoms with E-state index in [0.29, 0.717) is 16.9 Å². The molecule has 0 unspecified atom stereocenters. The topological polar surface area (TPSA) is 62.0 Å². The number of hydrogen-bond acceptors (Lipinski definition) is 3. The van der Waals surface area contributed by atoms with Crippen molar-refractivity contribution in [3.63, 3.8) is 0 Å². The van der Waals surface area contributed by atoms with Gasteiger partial charge in [0, 0.05) is 28.5 Å². The molecule has 0 fully saturated rings. The van der Waals surface area contributed by atoms with E-state index in [2.05, 4.69) is 10.3 Å². The van der Waals surface area contributed by atoms with Crippen molar-refractivity contribution in [3.8, 4) is 0 Å². The second kappa shape index (κ2) is 5.54. The first-order valence-electron chi connectivity index (χ1n) is 6.79. The molecule has 0 aliphatic carbocycles. The third-order valence-corrected chi connectivity index (χ3v) is 4.76. The number of halogens is 2. The number of aryl methyl sites for hydroxylation is 1. The van der Waals surface area contributed by atoms with Crippen LogP contribution in [0.25, 0.3) is 10.9 Å². The van der Waals surface area contributed by atoms with Gasteiger partial charge in [-0.25, -0.2) is 12.8 Å². The van der Waals surface area contributed by atoms with Crippen molar-refractivity contribution in [1.29, 1.82) is 0 Å². The highest BCUT2D eigenvalue weighted by atomic mass is 35.5. The molecule has 0 atom stereocenters. The van der Waals surface area contributed by atoms with Crippen LogP contribution in [-0.2, 0) is 9.84 Å². The number of benzene rings is 2. The molecule has 0 saturated carbocycles. The van der Waals surface area contributed by atoms with Gasteiger partial charge < -0.3 is 10.3 Å². The van der Waals surface area contributed by atoms with Crippen LogP contribution in [0, 0.1) is 12.7 Å². The summed E-state index contributed by atoms with van der Waals surface area (Å²) in [6.45, 7) is 1.91. The lowest BCUT2D eigenvalue weighted by Gasteiger charge is -2.09. The van der Waals surface area contributed by atoms with Crippen molar-refractivity contribution >= 4 is 43.7 Å². The number of H-pyrrole nitrogens is 1. The van der Waals surface area contributed by atoms with Gasteiger partial charge >= 0.3 is 0 Å². The molecule has 0 aliphatic rings. The Kier molecular flexibility index (Phi) is 3.82. The minimum atomic E-state index is -3.33. The van der Waals surface area contributed by atoms with Crippen LogP contribution in [0.15, 0.2) is 41.4 Å². The van der Waals surface area contributed by atoms with Crippen LogP contribution >= 0.6 is 11.6 Å². The molecule has 0 aliphatic heterocycles. The SMILES string of the molecule is Cc1cc(Nc2ccc(F)c(Cl)c2)c2cc(S(C)(=O)=O)[nH]c2c1. The molecule has 0 spiro atoms. The lowest BCUT2D eigenvalue weighted by atomic mass is 10.1. The summed E-state index contributed by atoms with van der Waals surface area (Å²) in [7, 11) is -3.33. The van der Waals surface area contributed by atoms with Crippen molar-refractivity contribution in [2.45, 2.75) is 11.9 Å². The van der Waals surface area contributed by atoms with Crippen LogP contribution in [-0.4, -0.2) is 19.7 Å². The van der Waals surface area contributed by atoms with E-state index >= 15 is 0 Å². The van der Waals surface area contributed by atoms with Crippen LogP contribution in [0.4, 0.5) is 15.8 Å². The predicted octanol–water partition coefficient (Wildman–Crippen LogP) is 4.42. The zero-order valence-corrected chi connectivity index (χ0v) is 14.0. The van der Waals surface area contributed by atoms with Gasteiger partial charge in [-0.3, -0.25) is 0 Å². The number of anilines is 2. The van der Waals surface area contributed by atoms with E-state index in [-0.39, 0.29) is 10.0 Å². The summed E-state index contributed by atoms with van der Waals surface area (Å²) >= 11 is 5.79. The van der Waals surface area contributed by atoms with Crippen LogP contribution in [0.1, 0.15) is 5.56 Å². The Bertz CT molecular complexity index is 1010. The Labute approximate surface area is 138 Å². The average Bonchev–Trinajstić information content (AvgIpc) is 2.87. The first kappa shape index (κ1) is 15.8. The maximum Gasteiger partial charge on any atom is 0.190 e. The Balaban J connectivity index is 2.12. The molecule has 3 aromatic rings. The summed E-state index contributed by atoms with van der Waals surface area (Å²) in [6, 6.07) is 9.66. The van der Waals surface area contributed by atoms with Crippen molar-refractivity contribution in [2.24, 2.45) is 0 Å². The van der Waals surface area contributed by atoms with Crippen LogP contribution < -0.4 is 5.32 Å². The summed E-state index contributed by atoms with van der Waals surface area (Å²) in [5.74, 6) is -0.493. The lowest BCUT2D eigenvalue weighted by Crippen LogP contribution is -1.96. The fourth-order valence-corrected chi connectivity index (χ4v) is 3.20. The number of sulfone groups is 1. The van der Waals surface area contributed by atoms with Gasteiger partial charge in [0.15, 0.2) is 9.84 Å². The standard InChI is InChI=1S/C16H14ClFN2O2S/c1-9-5-14(19-10-3-4-13(18)12(17)7-10)11-8-16(23(2,21)22)20-15(11)6-9/h3-8,19-20H,1-2H3. The Morgan fingerprint density at radius 2 is 1.91 bits per heavy atom. The highest BCUT2D eigenvalue weighted by molar-refractivity contribution is 7.90. The first-order valence-corrected chi connectivity index (χ1v) is 9.06. The number of rotatable bonds is 3. The van der Waals surface area contributed by atoms with Gasteiger partial charge in [-0.15, -0.1) is 0 Å². The molecular weight excluding hydrogens is 339 g/mol. The molecule has 0 radical (unpaired) electrons. The van der Waals surface area contributed by atoms with Gasteiger partial charge in [-0.2, -0.15) is 0 Å². The second-order valence-corrected chi connectivity index (χ2v) is 7.82. The highest BCUT2D eigenvalue weighted by Crippen LogP contribution is 2.31. The molecule has 0 bridgehead atoms. The molecule has 1 heterocycles. The van der Waals surface area contributed by atoms with E-state index in [1.54, 1.807) is 12.1 Å². The largest absolute Gasteiger partial charge is 0.355 e. The van der Waals surface area contributed by atoms with E-state index in [4.69, 9.17) is 11.6 Å². The van der Waals surface area contributed by atoms with Crippen molar-refractivity contribution in [2.75, 3.05) is 11.6 Å². The Morgan fingerprint density at radius 1 is 1.17 bits per heavy atom. The quantitative estimate of drug-likeness (QED) is 0.733. The fourth-order valence-electron chi connectivity index (χ4n) is 2.39. The number of aromatic amines is 1. The van der Waals surface area contributed by atoms with Gasteiger partial charge in [0.1, 0.15) is 10.8 Å². The lowest BCUT2D eigenvalue weighted by molar-refractivity contribution is 0.599. The van der Waals surface area contributed by atoms with Gasteiger partial charge in [0.25, 0.3) is 0 Å². The molecule has 7 heteroatoms. The predicted molar refractivity (Wildman–Crippen MR) is 90.8 cm³/mol. The van der Waals surface area contributed by atoms with Crippen LogP contribution in [0.2, 0.25) is 5.02 Å². The molecule has 0 saturated heterocycles. The molecule has 4 nitrogen and oxygen atoms in total. The van der Waals surface area contributed by atoms with Crippen molar-refractivity contribution in [1.82, 2.24) is 4.98 Å². The Hall–Kier alpha value is -2.05. The Morgan fingerprint density at radius 3 is 2.57 bits per heavy atom. The van der Waals surface area contributed by atoms with Gasteiger partial charge in [-0.05, 0) is 48.9 Å². The zero-order valence-electron chi connectivity index (χ0n) is 12.4. The van der Waals surface area contributed by atoms with Gasteiger partial charge in [-0.1, -0.05) is 11.6 Å². The van der Waals surface area contributed by atoms with E-state index < -0.39 is 15.7 Å². The summed E-state index contributed by atoms with van der Waals surface area (Å²) in [4.78, 5) is 2.91. The van der Waals surface area contributed by atoms with E-state index in [0.717, 1.165) is 17.2 Å². The van der Waals surface area contributed by atoms with Crippen molar-refractivity contribution in [3.05, 3.63) is 52.8 Å². The third-order valence-electron chi connectivity index (χ3n) is 3.46. The minimum absolute atomic E-state index is 0.0183. The summed E-state index contributed by atoms with van der Waals surface area (Å²) in [5.41, 5.74) is 3.00. The van der Waals surface area contributed by atoms with E-state index in [1.165, 1.54) is 12.1 Å². The summed E-state index contributed by atoms with van der Waals surface area (Å²) in [5, 5.41) is 4.06. The van der Waals surface area contributed by atoms with E-state index in [1.807, 2.05) is 19.1 Å².